The van der Waals surface area contributed by atoms with Crippen LogP contribution in [0.15, 0.2) is 12.1 Å². The molecule has 1 aromatic rings. The van der Waals surface area contributed by atoms with Gasteiger partial charge in [-0.3, -0.25) is 0 Å². The van der Waals surface area contributed by atoms with Crippen molar-refractivity contribution >= 4 is 11.5 Å². The lowest BCUT2D eigenvalue weighted by Crippen LogP contribution is -2.19. The van der Waals surface area contributed by atoms with E-state index < -0.39 is 0 Å². The summed E-state index contributed by atoms with van der Waals surface area (Å²) in [5.74, 6) is 2.09. The Morgan fingerprint density at radius 1 is 1.39 bits per heavy atom. The van der Waals surface area contributed by atoms with Crippen molar-refractivity contribution in [1.82, 2.24) is 4.98 Å². The second kappa shape index (κ2) is 5.04. The normalized spacial score (nSPS) is 15.5. The van der Waals surface area contributed by atoms with Crippen LogP contribution in [0, 0.1) is 11.3 Å². The summed E-state index contributed by atoms with van der Waals surface area (Å²) in [5, 5.41) is 3.31. The number of ether oxygens (including phenoxy) is 1. The maximum Gasteiger partial charge on any atom is 0.239 e. The minimum absolute atomic E-state index is 0.220. The van der Waals surface area contributed by atoms with Crippen molar-refractivity contribution in [2.75, 3.05) is 24.2 Å². The minimum Gasteiger partial charge on any atom is -0.476 e. The number of aromatic nitrogens is 1. The lowest BCUT2D eigenvalue weighted by molar-refractivity contribution is 0.290. The van der Waals surface area contributed by atoms with E-state index in [1.807, 2.05) is 12.1 Å². The number of hydrogen-bond acceptors (Lipinski definition) is 4. The SMILES string of the molecule is CC(C)(C)CNc1ccc(N)c(OCC2CC2)n1. The van der Waals surface area contributed by atoms with E-state index in [0.29, 0.717) is 17.5 Å². The topological polar surface area (TPSA) is 60.2 Å². The second-order valence-corrected chi connectivity index (χ2v) is 6.26. The molecule has 0 radical (unpaired) electrons. The van der Waals surface area contributed by atoms with Gasteiger partial charge in [-0.25, -0.2) is 0 Å². The van der Waals surface area contributed by atoms with Crippen LogP contribution in [0.1, 0.15) is 33.6 Å². The van der Waals surface area contributed by atoms with Crippen LogP contribution in [-0.2, 0) is 0 Å². The van der Waals surface area contributed by atoms with Crippen LogP contribution in [0.3, 0.4) is 0 Å². The van der Waals surface area contributed by atoms with Gasteiger partial charge in [-0.1, -0.05) is 20.8 Å². The number of hydrogen-bond donors (Lipinski definition) is 2. The Balaban J connectivity index is 1.95. The van der Waals surface area contributed by atoms with Gasteiger partial charge < -0.3 is 15.8 Å². The third-order valence-electron chi connectivity index (χ3n) is 2.84. The van der Waals surface area contributed by atoms with Crippen molar-refractivity contribution in [3.8, 4) is 5.88 Å². The van der Waals surface area contributed by atoms with E-state index in [9.17, 15) is 0 Å². The fourth-order valence-corrected chi connectivity index (χ4v) is 1.50. The Labute approximate surface area is 109 Å². The first-order valence-corrected chi connectivity index (χ1v) is 6.57. The number of nitrogen functional groups attached to an aromatic ring is 1. The van der Waals surface area contributed by atoms with Crippen molar-refractivity contribution in [2.24, 2.45) is 11.3 Å². The van der Waals surface area contributed by atoms with Gasteiger partial charge in [0.05, 0.1) is 12.3 Å². The lowest BCUT2D eigenvalue weighted by Gasteiger charge is -2.19. The van der Waals surface area contributed by atoms with Crippen molar-refractivity contribution in [3.63, 3.8) is 0 Å². The fraction of sp³-hybridized carbons (Fsp3) is 0.643. The molecule has 0 atom stereocenters. The highest BCUT2D eigenvalue weighted by atomic mass is 16.5. The van der Waals surface area contributed by atoms with Gasteiger partial charge >= 0.3 is 0 Å². The summed E-state index contributed by atoms with van der Waals surface area (Å²) in [6.07, 6.45) is 2.53. The molecule has 1 aliphatic rings. The molecule has 1 fully saturated rings. The predicted octanol–water partition coefficient (Wildman–Crippen LogP) is 2.91. The average Bonchev–Trinajstić information content (AvgIpc) is 3.09. The van der Waals surface area contributed by atoms with E-state index >= 15 is 0 Å². The molecule has 1 aliphatic carbocycles. The molecule has 0 aromatic carbocycles. The summed E-state index contributed by atoms with van der Waals surface area (Å²) in [7, 11) is 0. The van der Waals surface area contributed by atoms with E-state index in [1.165, 1.54) is 12.8 Å². The predicted molar refractivity (Wildman–Crippen MR) is 74.8 cm³/mol. The van der Waals surface area contributed by atoms with E-state index in [0.717, 1.165) is 19.0 Å². The lowest BCUT2D eigenvalue weighted by atomic mass is 9.97. The summed E-state index contributed by atoms with van der Waals surface area (Å²) in [5.41, 5.74) is 6.69. The molecule has 2 rings (SSSR count). The summed E-state index contributed by atoms with van der Waals surface area (Å²) >= 11 is 0. The molecule has 18 heavy (non-hydrogen) atoms. The number of anilines is 2. The van der Waals surface area contributed by atoms with Gasteiger partial charge in [0, 0.05) is 6.54 Å². The van der Waals surface area contributed by atoms with Crippen molar-refractivity contribution in [2.45, 2.75) is 33.6 Å². The largest absolute Gasteiger partial charge is 0.476 e. The van der Waals surface area contributed by atoms with Crippen LogP contribution in [0.5, 0.6) is 5.88 Å². The van der Waals surface area contributed by atoms with Crippen molar-refractivity contribution in [1.29, 1.82) is 0 Å². The molecular weight excluding hydrogens is 226 g/mol. The number of rotatable bonds is 5. The zero-order valence-electron chi connectivity index (χ0n) is 11.5. The second-order valence-electron chi connectivity index (χ2n) is 6.26. The van der Waals surface area contributed by atoms with Crippen LogP contribution in [0.4, 0.5) is 11.5 Å². The highest BCUT2D eigenvalue weighted by molar-refractivity contribution is 5.53. The summed E-state index contributed by atoms with van der Waals surface area (Å²) in [4.78, 5) is 4.42. The monoisotopic (exact) mass is 249 g/mol. The summed E-state index contributed by atoms with van der Waals surface area (Å²) in [6, 6.07) is 3.74. The first-order valence-electron chi connectivity index (χ1n) is 6.57. The standard InChI is InChI=1S/C14H23N3O/c1-14(2,3)9-16-12-7-6-11(15)13(17-12)18-8-10-4-5-10/h6-7,10H,4-5,8-9,15H2,1-3H3,(H,16,17). The number of pyridine rings is 1. The van der Waals surface area contributed by atoms with Crippen LogP contribution in [-0.4, -0.2) is 18.1 Å². The van der Waals surface area contributed by atoms with Crippen LogP contribution in [0.2, 0.25) is 0 Å². The molecule has 1 saturated carbocycles. The van der Waals surface area contributed by atoms with Gasteiger partial charge in [-0.2, -0.15) is 4.98 Å². The van der Waals surface area contributed by atoms with Crippen molar-refractivity contribution in [3.05, 3.63) is 12.1 Å². The fourth-order valence-electron chi connectivity index (χ4n) is 1.50. The molecule has 0 aliphatic heterocycles. The third kappa shape index (κ3) is 4.09. The van der Waals surface area contributed by atoms with Gasteiger partial charge in [0.15, 0.2) is 0 Å². The van der Waals surface area contributed by atoms with Gasteiger partial charge in [0.25, 0.3) is 0 Å². The Kier molecular flexibility index (Phi) is 3.64. The van der Waals surface area contributed by atoms with E-state index in [1.54, 1.807) is 0 Å². The maximum absolute atomic E-state index is 5.86. The van der Waals surface area contributed by atoms with Crippen LogP contribution in [0.25, 0.3) is 0 Å². The van der Waals surface area contributed by atoms with Gasteiger partial charge in [0.2, 0.25) is 5.88 Å². The molecule has 0 amide bonds. The molecule has 0 bridgehead atoms. The molecule has 0 spiro atoms. The van der Waals surface area contributed by atoms with Gasteiger partial charge in [-0.15, -0.1) is 0 Å². The van der Waals surface area contributed by atoms with E-state index in [4.69, 9.17) is 10.5 Å². The Morgan fingerprint density at radius 2 is 2.11 bits per heavy atom. The van der Waals surface area contributed by atoms with Crippen LogP contribution < -0.4 is 15.8 Å². The zero-order valence-corrected chi connectivity index (χ0v) is 11.5. The average molecular weight is 249 g/mol. The molecule has 1 heterocycles. The summed E-state index contributed by atoms with van der Waals surface area (Å²) < 4.78 is 5.66. The number of nitrogens with one attached hydrogen (secondary N) is 1. The molecule has 3 N–H and O–H groups in total. The van der Waals surface area contributed by atoms with E-state index in [-0.39, 0.29) is 5.41 Å². The van der Waals surface area contributed by atoms with Gasteiger partial charge in [0.1, 0.15) is 5.82 Å². The molecular formula is C14H23N3O. The van der Waals surface area contributed by atoms with Crippen molar-refractivity contribution < 1.29 is 4.74 Å². The number of nitrogens with zero attached hydrogens (tertiary/aromatic N) is 1. The summed E-state index contributed by atoms with van der Waals surface area (Å²) in [6.45, 7) is 8.15. The Bertz CT molecular complexity index is 408. The minimum atomic E-state index is 0.220. The first kappa shape index (κ1) is 13.0. The zero-order chi connectivity index (χ0) is 13.2. The molecule has 100 valence electrons. The first-order chi connectivity index (χ1) is 8.44. The molecule has 0 saturated heterocycles. The highest BCUT2D eigenvalue weighted by Crippen LogP contribution is 2.30. The third-order valence-corrected chi connectivity index (χ3v) is 2.84. The van der Waals surface area contributed by atoms with E-state index in [2.05, 4.69) is 31.1 Å². The molecule has 0 unspecified atom stereocenters. The molecule has 1 aromatic heterocycles. The quantitative estimate of drug-likeness (QED) is 0.842. The van der Waals surface area contributed by atoms with Gasteiger partial charge in [-0.05, 0) is 36.3 Å². The Hall–Kier alpha value is -1.45. The molecule has 4 heteroatoms. The molecule has 4 nitrogen and oxygen atoms in total. The smallest absolute Gasteiger partial charge is 0.239 e. The maximum atomic E-state index is 5.86. The Morgan fingerprint density at radius 3 is 2.72 bits per heavy atom. The number of nitrogens with two attached hydrogens (primary N) is 1. The highest BCUT2D eigenvalue weighted by Gasteiger charge is 2.22. The van der Waals surface area contributed by atoms with Crippen LogP contribution >= 0.6 is 0 Å².